The summed E-state index contributed by atoms with van der Waals surface area (Å²) in [4.78, 5) is 0. The van der Waals surface area contributed by atoms with Crippen molar-refractivity contribution in [2.24, 2.45) is 0 Å². The van der Waals surface area contributed by atoms with Crippen LogP contribution in [0.4, 0.5) is 5.69 Å². The summed E-state index contributed by atoms with van der Waals surface area (Å²) in [6.45, 7) is 6.04. The number of hydrogen-bond acceptors (Lipinski definition) is 2. The molecular weight excluding hydrogens is 186 g/mol. The first kappa shape index (κ1) is 9.77. The van der Waals surface area contributed by atoms with Gasteiger partial charge in [0.05, 0.1) is 11.4 Å². The molecule has 0 atom stereocenters. The molecule has 0 aliphatic rings. The molecule has 0 fully saturated rings. The molecule has 0 unspecified atom stereocenters. The Hall–Kier alpha value is -1.77. The quantitative estimate of drug-likeness (QED) is 0.697. The highest BCUT2D eigenvalue weighted by Gasteiger charge is 2.06. The summed E-state index contributed by atoms with van der Waals surface area (Å²) < 4.78 is 0. The lowest BCUT2D eigenvalue weighted by atomic mass is 10.0. The summed E-state index contributed by atoms with van der Waals surface area (Å²) in [5.74, 6) is 0. The maximum atomic E-state index is 5.85. The zero-order chi connectivity index (χ0) is 11.0. The Kier molecular flexibility index (Phi) is 2.23. The highest BCUT2D eigenvalue weighted by atomic mass is 15.1. The first-order valence-corrected chi connectivity index (χ1v) is 4.97. The number of nitrogens with two attached hydrogens (primary N) is 1. The van der Waals surface area contributed by atoms with Crippen molar-refractivity contribution in [3.8, 4) is 11.3 Å². The van der Waals surface area contributed by atoms with Gasteiger partial charge in [0.25, 0.3) is 0 Å². The standard InChI is InChI=1S/C12H15N3/c1-7-5-11(13)8(2)4-10(7)12-6-9(3)14-15-12/h4-6H,13H2,1-3H3,(H,14,15). The van der Waals surface area contributed by atoms with Crippen LogP contribution in [0.25, 0.3) is 11.3 Å². The minimum absolute atomic E-state index is 0.840. The van der Waals surface area contributed by atoms with E-state index in [1.807, 2.05) is 26.0 Å². The monoisotopic (exact) mass is 201 g/mol. The van der Waals surface area contributed by atoms with Crippen LogP contribution >= 0.6 is 0 Å². The molecule has 0 amide bonds. The Morgan fingerprint density at radius 3 is 2.40 bits per heavy atom. The molecule has 0 spiro atoms. The molecule has 15 heavy (non-hydrogen) atoms. The SMILES string of the molecule is Cc1cc(-c2cc(C)c(N)cc2C)[nH]n1. The number of aromatic amines is 1. The zero-order valence-electron chi connectivity index (χ0n) is 9.26. The molecule has 2 aromatic rings. The minimum Gasteiger partial charge on any atom is -0.399 e. The molecule has 3 N–H and O–H groups in total. The normalized spacial score (nSPS) is 10.6. The van der Waals surface area contributed by atoms with Gasteiger partial charge in [-0.15, -0.1) is 0 Å². The highest BCUT2D eigenvalue weighted by Crippen LogP contribution is 2.26. The first-order chi connectivity index (χ1) is 7.08. The molecular formula is C12H15N3. The van der Waals surface area contributed by atoms with Crippen molar-refractivity contribution in [2.45, 2.75) is 20.8 Å². The van der Waals surface area contributed by atoms with Crippen molar-refractivity contribution < 1.29 is 0 Å². The summed E-state index contributed by atoms with van der Waals surface area (Å²) in [6.07, 6.45) is 0. The van der Waals surface area contributed by atoms with Crippen LogP contribution in [-0.2, 0) is 0 Å². The van der Waals surface area contributed by atoms with E-state index in [0.29, 0.717) is 0 Å². The van der Waals surface area contributed by atoms with E-state index in [-0.39, 0.29) is 0 Å². The second-order valence-electron chi connectivity index (χ2n) is 3.95. The Balaban J connectivity index is 2.58. The number of hydrogen-bond donors (Lipinski definition) is 2. The van der Waals surface area contributed by atoms with Crippen molar-refractivity contribution in [3.63, 3.8) is 0 Å². The molecule has 2 rings (SSSR count). The third-order valence-electron chi connectivity index (χ3n) is 2.61. The molecule has 0 radical (unpaired) electrons. The van der Waals surface area contributed by atoms with E-state index in [2.05, 4.69) is 23.2 Å². The van der Waals surface area contributed by atoms with Crippen LogP contribution in [-0.4, -0.2) is 10.2 Å². The predicted octanol–water partition coefficient (Wildman–Crippen LogP) is 2.58. The smallest absolute Gasteiger partial charge is 0.0655 e. The molecule has 3 heteroatoms. The van der Waals surface area contributed by atoms with Gasteiger partial charge in [-0.3, -0.25) is 5.10 Å². The molecule has 0 aliphatic heterocycles. The number of nitrogen functional groups attached to an aromatic ring is 1. The van der Waals surface area contributed by atoms with E-state index >= 15 is 0 Å². The van der Waals surface area contributed by atoms with Gasteiger partial charge in [0.1, 0.15) is 0 Å². The fourth-order valence-electron chi connectivity index (χ4n) is 1.69. The average Bonchev–Trinajstić information content (AvgIpc) is 2.58. The summed E-state index contributed by atoms with van der Waals surface area (Å²) in [5, 5.41) is 7.15. The van der Waals surface area contributed by atoms with Crippen molar-refractivity contribution in [3.05, 3.63) is 35.0 Å². The van der Waals surface area contributed by atoms with E-state index in [1.165, 1.54) is 11.1 Å². The first-order valence-electron chi connectivity index (χ1n) is 4.97. The third kappa shape index (κ3) is 1.73. The largest absolute Gasteiger partial charge is 0.399 e. The number of nitrogens with one attached hydrogen (secondary N) is 1. The Labute approximate surface area is 89.3 Å². The average molecular weight is 201 g/mol. The second-order valence-corrected chi connectivity index (χ2v) is 3.95. The van der Waals surface area contributed by atoms with Crippen molar-refractivity contribution >= 4 is 5.69 Å². The van der Waals surface area contributed by atoms with Crippen LogP contribution in [0, 0.1) is 20.8 Å². The van der Waals surface area contributed by atoms with Crippen LogP contribution in [0.15, 0.2) is 18.2 Å². The maximum Gasteiger partial charge on any atom is 0.0655 e. The number of aryl methyl sites for hydroxylation is 3. The predicted molar refractivity (Wildman–Crippen MR) is 62.6 cm³/mol. The zero-order valence-corrected chi connectivity index (χ0v) is 9.26. The molecule has 78 valence electrons. The number of benzene rings is 1. The summed E-state index contributed by atoms with van der Waals surface area (Å²) in [5.41, 5.74) is 12.2. The van der Waals surface area contributed by atoms with Crippen molar-refractivity contribution in [2.75, 3.05) is 5.73 Å². The fraction of sp³-hybridized carbons (Fsp3) is 0.250. The van der Waals surface area contributed by atoms with Crippen molar-refractivity contribution in [1.82, 2.24) is 10.2 Å². The van der Waals surface area contributed by atoms with Crippen LogP contribution in [0.5, 0.6) is 0 Å². The van der Waals surface area contributed by atoms with Crippen LogP contribution < -0.4 is 5.73 Å². The summed E-state index contributed by atoms with van der Waals surface area (Å²) >= 11 is 0. The molecule has 1 heterocycles. The number of rotatable bonds is 1. The molecule has 1 aromatic heterocycles. The lowest BCUT2D eigenvalue weighted by Gasteiger charge is -2.07. The molecule has 3 nitrogen and oxygen atoms in total. The molecule has 0 saturated heterocycles. The molecule has 0 saturated carbocycles. The Morgan fingerprint density at radius 1 is 1.07 bits per heavy atom. The lowest BCUT2D eigenvalue weighted by molar-refractivity contribution is 1.05. The fourth-order valence-corrected chi connectivity index (χ4v) is 1.69. The Morgan fingerprint density at radius 2 is 1.80 bits per heavy atom. The van der Waals surface area contributed by atoms with E-state index in [0.717, 1.165) is 22.6 Å². The molecule has 0 bridgehead atoms. The second kappa shape index (κ2) is 3.42. The maximum absolute atomic E-state index is 5.85. The van der Waals surface area contributed by atoms with E-state index in [4.69, 9.17) is 5.73 Å². The van der Waals surface area contributed by atoms with Gasteiger partial charge in [-0.2, -0.15) is 5.10 Å². The Bertz CT molecular complexity index is 498. The van der Waals surface area contributed by atoms with Gasteiger partial charge in [-0.05, 0) is 50.1 Å². The minimum atomic E-state index is 0.840. The summed E-state index contributed by atoms with van der Waals surface area (Å²) in [6, 6.07) is 6.14. The van der Waals surface area contributed by atoms with Crippen LogP contribution in [0.1, 0.15) is 16.8 Å². The highest BCUT2D eigenvalue weighted by molar-refractivity contribution is 5.68. The summed E-state index contributed by atoms with van der Waals surface area (Å²) in [7, 11) is 0. The number of aromatic nitrogens is 2. The van der Waals surface area contributed by atoms with E-state index < -0.39 is 0 Å². The third-order valence-corrected chi connectivity index (χ3v) is 2.61. The number of nitrogens with zero attached hydrogens (tertiary/aromatic N) is 1. The van der Waals surface area contributed by atoms with Gasteiger partial charge < -0.3 is 5.73 Å². The molecule has 0 aliphatic carbocycles. The topological polar surface area (TPSA) is 54.7 Å². The van der Waals surface area contributed by atoms with Crippen LogP contribution in [0.3, 0.4) is 0 Å². The molecule has 1 aromatic carbocycles. The van der Waals surface area contributed by atoms with E-state index in [9.17, 15) is 0 Å². The lowest BCUT2D eigenvalue weighted by Crippen LogP contribution is -1.93. The number of H-pyrrole nitrogens is 1. The van der Waals surface area contributed by atoms with Gasteiger partial charge in [-0.25, -0.2) is 0 Å². The van der Waals surface area contributed by atoms with E-state index in [1.54, 1.807) is 0 Å². The van der Waals surface area contributed by atoms with Gasteiger partial charge in [0.2, 0.25) is 0 Å². The van der Waals surface area contributed by atoms with Gasteiger partial charge in [0, 0.05) is 11.3 Å². The number of anilines is 1. The van der Waals surface area contributed by atoms with Gasteiger partial charge in [0.15, 0.2) is 0 Å². The van der Waals surface area contributed by atoms with Gasteiger partial charge in [-0.1, -0.05) is 0 Å². The van der Waals surface area contributed by atoms with Crippen molar-refractivity contribution in [1.29, 1.82) is 0 Å². The van der Waals surface area contributed by atoms with Gasteiger partial charge >= 0.3 is 0 Å². The van der Waals surface area contributed by atoms with Crippen LogP contribution in [0.2, 0.25) is 0 Å².